The van der Waals surface area contributed by atoms with E-state index in [9.17, 15) is 4.79 Å². The van der Waals surface area contributed by atoms with E-state index >= 15 is 0 Å². The topological polar surface area (TPSA) is 34.4 Å². The number of benzene rings is 2. The summed E-state index contributed by atoms with van der Waals surface area (Å²) in [7, 11) is 0. The van der Waals surface area contributed by atoms with Gasteiger partial charge in [0.25, 0.3) is 0 Å². The second kappa shape index (κ2) is 5.48. The van der Waals surface area contributed by atoms with Crippen LogP contribution in [0.5, 0.6) is 0 Å². The van der Waals surface area contributed by atoms with Crippen LogP contribution in [0.15, 0.2) is 66.2 Å². The first-order valence-corrected chi connectivity index (χ1v) is 8.24. The fourth-order valence-corrected chi connectivity index (χ4v) is 3.51. The highest BCUT2D eigenvalue weighted by atomic mass is 32.1. The monoisotopic (exact) mass is 318 g/mol. The van der Waals surface area contributed by atoms with Crippen molar-refractivity contribution in [1.29, 1.82) is 0 Å². The van der Waals surface area contributed by atoms with Crippen molar-refractivity contribution in [1.82, 2.24) is 9.38 Å². The van der Waals surface area contributed by atoms with Crippen molar-refractivity contribution in [3.05, 3.63) is 83.1 Å². The molecule has 0 aliphatic carbocycles. The molecule has 0 aliphatic heterocycles. The summed E-state index contributed by atoms with van der Waals surface area (Å²) in [5.41, 5.74) is 4.35. The molecule has 3 nitrogen and oxygen atoms in total. The molecule has 0 unspecified atom stereocenters. The van der Waals surface area contributed by atoms with Crippen LogP contribution in [0.25, 0.3) is 16.1 Å². The fourth-order valence-electron chi connectivity index (χ4n) is 2.75. The molecule has 112 valence electrons. The molecule has 4 heteroatoms. The lowest BCUT2D eigenvalue weighted by Crippen LogP contribution is -2.06. The summed E-state index contributed by atoms with van der Waals surface area (Å²) >= 11 is 1.53. The lowest BCUT2D eigenvalue weighted by molar-refractivity contribution is 0.103. The number of fused-ring (bicyclic) bond motifs is 1. The van der Waals surface area contributed by atoms with Gasteiger partial charge in [-0.2, -0.15) is 0 Å². The Morgan fingerprint density at radius 3 is 2.43 bits per heavy atom. The predicted octanol–water partition coefficient (Wildman–Crippen LogP) is 4.60. The summed E-state index contributed by atoms with van der Waals surface area (Å²) in [6.45, 7) is 1.88. The Balaban J connectivity index is 1.72. The van der Waals surface area contributed by atoms with Gasteiger partial charge in [-0.25, -0.2) is 4.98 Å². The van der Waals surface area contributed by atoms with Crippen LogP contribution < -0.4 is 0 Å². The lowest BCUT2D eigenvalue weighted by Gasteiger charge is -2.04. The summed E-state index contributed by atoms with van der Waals surface area (Å²) < 4.78 is 1.87. The summed E-state index contributed by atoms with van der Waals surface area (Å²) in [5, 5.41) is 1.94. The highest BCUT2D eigenvalue weighted by Crippen LogP contribution is 2.23. The number of hydrogen-bond acceptors (Lipinski definition) is 3. The molecular formula is C19H14N2OS. The minimum atomic E-state index is 0.00742. The molecule has 0 N–H and O–H groups in total. The number of thiazole rings is 1. The largest absolute Gasteiger partial charge is 0.287 e. The third-order valence-corrected chi connectivity index (χ3v) is 4.66. The maximum absolute atomic E-state index is 12.8. The molecule has 0 atom stereocenters. The smallest absolute Gasteiger partial charge is 0.211 e. The van der Waals surface area contributed by atoms with Crippen molar-refractivity contribution in [3.63, 3.8) is 0 Å². The normalized spacial score (nSPS) is 11.0. The average molecular weight is 318 g/mol. The van der Waals surface area contributed by atoms with Crippen LogP contribution >= 0.6 is 11.3 Å². The Hall–Kier alpha value is -2.72. The van der Waals surface area contributed by atoms with Gasteiger partial charge in [0.1, 0.15) is 5.69 Å². The third kappa shape index (κ3) is 2.37. The molecular weight excluding hydrogens is 304 g/mol. The van der Waals surface area contributed by atoms with Gasteiger partial charge in [0.05, 0.1) is 5.69 Å². The van der Waals surface area contributed by atoms with Crippen LogP contribution in [-0.4, -0.2) is 15.2 Å². The number of aryl methyl sites for hydroxylation is 1. The highest BCUT2D eigenvalue weighted by molar-refractivity contribution is 7.15. The molecule has 0 saturated heterocycles. The Labute approximate surface area is 137 Å². The molecule has 0 fully saturated rings. The van der Waals surface area contributed by atoms with Crippen molar-refractivity contribution in [2.75, 3.05) is 0 Å². The maximum atomic E-state index is 12.8. The van der Waals surface area contributed by atoms with Crippen LogP contribution in [0.1, 0.15) is 21.7 Å². The predicted molar refractivity (Wildman–Crippen MR) is 93.1 cm³/mol. The molecule has 0 aliphatic rings. The molecule has 0 saturated carbocycles. The SMILES string of the molecule is Cc1nc2sccn2c1C(=O)c1ccc(-c2ccccc2)cc1. The third-order valence-electron chi connectivity index (χ3n) is 3.91. The van der Waals surface area contributed by atoms with Crippen LogP contribution in [0.3, 0.4) is 0 Å². The number of rotatable bonds is 3. The zero-order chi connectivity index (χ0) is 15.8. The van der Waals surface area contributed by atoms with E-state index in [4.69, 9.17) is 0 Å². The van der Waals surface area contributed by atoms with E-state index in [0.717, 1.165) is 21.8 Å². The molecule has 2 aromatic heterocycles. The number of carbonyl (C=O) groups excluding carboxylic acids is 1. The van der Waals surface area contributed by atoms with Gasteiger partial charge < -0.3 is 0 Å². The van der Waals surface area contributed by atoms with E-state index in [0.29, 0.717) is 11.3 Å². The van der Waals surface area contributed by atoms with Crippen LogP contribution in [-0.2, 0) is 0 Å². The Kier molecular flexibility index (Phi) is 3.32. The number of hydrogen-bond donors (Lipinski definition) is 0. The summed E-state index contributed by atoms with van der Waals surface area (Å²) in [5.74, 6) is 0.00742. The molecule has 0 bridgehead atoms. The first-order valence-electron chi connectivity index (χ1n) is 7.36. The first kappa shape index (κ1) is 13.9. The quantitative estimate of drug-likeness (QED) is 0.517. The minimum Gasteiger partial charge on any atom is -0.287 e. The summed E-state index contributed by atoms with van der Waals surface area (Å²) in [6, 6.07) is 17.9. The van der Waals surface area contributed by atoms with Crippen LogP contribution in [0.2, 0.25) is 0 Å². The molecule has 0 radical (unpaired) electrons. The van der Waals surface area contributed by atoms with E-state index < -0.39 is 0 Å². The van der Waals surface area contributed by atoms with E-state index in [-0.39, 0.29) is 5.78 Å². The fraction of sp³-hybridized carbons (Fsp3) is 0.0526. The second-order valence-electron chi connectivity index (χ2n) is 5.37. The van der Waals surface area contributed by atoms with Gasteiger partial charge in [-0.1, -0.05) is 54.6 Å². The van der Waals surface area contributed by atoms with Crippen LogP contribution in [0.4, 0.5) is 0 Å². The number of ketones is 1. The average Bonchev–Trinajstić information content (AvgIpc) is 3.15. The standard InChI is InChI=1S/C19H14N2OS/c1-13-17(21-11-12-23-19(21)20-13)18(22)16-9-7-15(8-10-16)14-5-3-2-4-6-14/h2-12H,1H3. The van der Waals surface area contributed by atoms with E-state index in [2.05, 4.69) is 17.1 Å². The van der Waals surface area contributed by atoms with Crippen molar-refractivity contribution >= 4 is 22.1 Å². The molecule has 0 spiro atoms. The van der Waals surface area contributed by atoms with Crippen molar-refractivity contribution in [3.8, 4) is 11.1 Å². The van der Waals surface area contributed by atoms with Gasteiger partial charge in [-0.15, -0.1) is 11.3 Å². The highest BCUT2D eigenvalue weighted by Gasteiger charge is 2.18. The molecule has 4 aromatic rings. The summed E-state index contributed by atoms with van der Waals surface area (Å²) in [6.07, 6.45) is 1.89. The van der Waals surface area contributed by atoms with E-state index in [1.807, 2.05) is 65.4 Å². The lowest BCUT2D eigenvalue weighted by atomic mass is 10.0. The molecule has 4 rings (SSSR count). The molecule has 2 aromatic carbocycles. The van der Waals surface area contributed by atoms with Crippen molar-refractivity contribution in [2.24, 2.45) is 0 Å². The molecule has 0 amide bonds. The van der Waals surface area contributed by atoms with Gasteiger partial charge in [-0.05, 0) is 18.1 Å². The molecule has 2 heterocycles. The van der Waals surface area contributed by atoms with E-state index in [1.165, 1.54) is 11.3 Å². The van der Waals surface area contributed by atoms with Gasteiger partial charge in [0, 0.05) is 17.1 Å². The van der Waals surface area contributed by atoms with Gasteiger partial charge >= 0.3 is 0 Å². The zero-order valence-corrected chi connectivity index (χ0v) is 13.4. The summed E-state index contributed by atoms with van der Waals surface area (Å²) in [4.78, 5) is 18.1. The number of aromatic nitrogens is 2. The van der Waals surface area contributed by atoms with Gasteiger partial charge in [0.15, 0.2) is 4.96 Å². The number of imidazole rings is 1. The van der Waals surface area contributed by atoms with Crippen molar-refractivity contribution < 1.29 is 4.79 Å². The minimum absolute atomic E-state index is 0.00742. The van der Waals surface area contributed by atoms with Crippen molar-refractivity contribution in [2.45, 2.75) is 6.92 Å². The Morgan fingerprint density at radius 2 is 1.70 bits per heavy atom. The maximum Gasteiger partial charge on any atom is 0.211 e. The van der Waals surface area contributed by atoms with Crippen LogP contribution in [0, 0.1) is 6.92 Å². The first-order chi connectivity index (χ1) is 11.2. The Bertz CT molecular complexity index is 981. The Morgan fingerprint density at radius 1 is 1.00 bits per heavy atom. The zero-order valence-electron chi connectivity index (χ0n) is 12.6. The van der Waals surface area contributed by atoms with E-state index in [1.54, 1.807) is 0 Å². The van der Waals surface area contributed by atoms with Gasteiger partial charge in [-0.3, -0.25) is 9.20 Å². The second-order valence-corrected chi connectivity index (χ2v) is 6.25. The van der Waals surface area contributed by atoms with Gasteiger partial charge in [0.2, 0.25) is 5.78 Å². The molecule has 23 heavy (non-hydrogen) atoms. The number of nitrogens with zero attached hydrogens (tertiary/aromatic N) is 2. The number of carbonyl (C=O) groups is 1.